The van der Waals surface area contributed by atoms with E-state index in [0.717, 1.165) is 24.3 Å². The highest BCUT2D eigenvalue weighted by atomic mass is 16.5. The third kappa shape index (κ3) is 3.51. The quantitative estimate of drug-likeness (QED) is 0.873. The van der Waals surface area contributed by atoms with Gasteiger partial charge in [0, 0.05) is 0 Å². The summed E-state index contributed by atoms with van der Waals surface area (Å²) in [6.45, 7) is 6.21. The topological polar surface area (TPSA) is 42.8 Å². The summed E-state index contributed by atoms with van der Waals surface area (Å²) in [5.41, 5.74) is 1.87. The molecule has 20 heavy (non-hydrogen) atoms. The second-order valence-corrected chi connectivity index (χ2v) is 5.63. The van der Waals surface area contributed by atoms with E-state index in [4.69, 9.17) is 4.74 Å². The highest BCUT2D eigenvalue weighted by molar-refractivity contribution is 5.95. The highest BCUT2D eigenvalue weighted by Gasteiger charge is 2.27. The van der Waals surface area contributed by atoms with Gasteiger partial charge in [0.15, 0.2) is 6.04 Å². The van der Waals surface area contributed by atoms with Crippen LogP contribution in [0.2, 0.25) is 0 Å². The smallest absolute Gasteiger partial charge is 0.282 e. The van der Waals surface area contributed by atoms with E-state index < -0.39 is 0 Å². The number of benzene rings is 1. The number of methoxy groups -OCH3 is 1. The van der Waals surface area contributed by atoms with Gasteiger partial charge in [-0.25, -0.2) is 0 Å². The van der Waals surface area contributed by atoms with Gasteiger partial charge in [0.25, 0.3) is 5.91 Å². The van der Waals surface area contributed by atoms with Crippen LogP contribution in [-0.2, 0) is 4.79 Å². The number of anilines is 1. The van der Waals surface area contributed by atoms with Crippen LogP contribution in [0.3, 0.4) is 0 Å². The molecule has 1 amide bonds. The largest absolute Gasteiger partial charge is 0.495 e. The Morgan fingerprint density at radius 1 is 1.30 bits per heavy atom. The molecule has 2 rings (SSSR count). The first-order valence-corrected chi connectivity index (χ1v) is 7.42. The molecule has 0 spiro atoms. The standard InChI is InChI=1S/C16H24N2O2/c1-12-7-8-15(20-3)14(11-12)17-16(19)13(2)18-9-5-4-6-10-18/h7-8,11,13H,4-6,9-10H2,1-3H3,(H,17,19)/p+1/t13-/m0/s1. The summed E-state index contributed by atoms with van der Waals surface area (Å²) < 4.78 is 5.30. The summed E-state index contributed by atoms with van der Waals surface area (Å²) in [4.78, 5) is 13.8. The number of carbonyl (C=O) groups is 1. The van der Waals surface area contributed by atoms with E-state index in [1.807, 2.05) is 32.0 Å². The fourth-order valence-corrected chi connectivity index (χ4v) is 2.78. The van der Waals surface area contributed by atoms with Crippen LogP contribution < -0.4 is 15.0 Å². The molecule has 2 N–H and O–H groups in total. The molecule has 110 valence electrons. The molecular formula is C16H25N2O2+. The van der Waals surface area contributed by atoms with E-state index in [9.17, 15) is 4.79 Å². The van der Waals surface area contributed by atoms with Crippen molar-refractivity contribution >= 4 is 11.6 Å². The van der Waals surface area contributed by atoms with Crippen LogP contribution >= 0.6 is 0 Å². The Labute approximate surface area is 121 Å². The van der Waals surface area contributed by atoms with Gasteiger partial charge in [-0.3, -0.25) is 4.79 Å². The number of rotatable bonds is 4. The molecule has 0 unspecified atom stereocenters. The number of aryl methyl sites for hydroxylation is 1. The molecule has 1 aliphatic rings. The summed E-state index contributed by atoms with van der Waals surface area (Å²) in [5, 5.41) is 3.01. The average molecular weight is 277 g/mol. The van der Waals surface area contributed by atoms with E-state index in [0.29, 0.717) is 5.75 Å². The molecule has 1 heterocycles. The SMILES string of the molecule is COc1ccc(C)cc1NC(=O)[C@H](C)[NH+]1CCCCC1. The maximum atomic E-state index is 12.4. The summed E-state index contributed by atoms with van der Waals surface area (Å²) in [6, 6.07) is 5.81. The number of hydrogen-bond acceptors (Lipinski definition) is 2. The first-order valence-electron chi connectivity index (χ1n) is 7.42. The lowest BCUT2D eigenvalue weighted by Gasteiger charge is -2.28. The van der Waals surface area contributed by atoms with Crippen molar-refractivity contribution in [2.75, 3.05) is 25.5 Å². The van der Waals surface area contributed by atoms with Gasteiger partial charge < -0.3 is 15.0 Å². The zero-order valence-corrected chi connectivity index (χ0v) is 12.7. The molecule has 0 bridgehead atoms. The third-order valence-corrected chi connectivity index (χ3v) is 4.11. The van der Waals surface area contributed by atoms with E-state index >= 15 is 0 Å². The van der Waals surface area contributed by atoms with Gasteiger partial charge in [-0.1, -0.05) is 6.07 Å². The number of likely N-dealkylation sites (tertiary alicyclic amines) is 1. The van der Waals surface area contributed by atoms with Crippen molar-refractivity contribution in [1.29, 1.82) is 0 Å². The van der Waals surface area contributed by atoms with Crippen LogP contribution in [0.4, 0.5) is 5.69 Å². The van der Waals surface area contributed by atoms with Crippen molar-refractivity contribution in [3.8, 4) is 5.75 Å². The maximum Gasteiger partial charge on any atom is 0.282 e. The fraction of sp³-hybridized carbons (Fsp3) is 0.562. The number of piperidine rings is 1. The molecule has 1 fully saturated rings. The summed E-state index contributed by atoms with van der Waals surface area (Å²) >= 11 is 0. The summed E-state index contributed by atoms with van der Waals surface area (Å²) in [7, 11) is 1.62. The summed E-state index contributed by atoms with van der Waals surface area (Å²) in [5.74, 6) is 0.788. The predicted octanol–water partition coefficient (Wildman–Crippen LogP) is 1.40. The molecule has 1 atom stereocenters. The van der Waals surface area contributed by atoms with E-state index in [1.54, 1.807) is 7.11 Å². The zero-order chi connectivity index (χ0) is 14.5. The Kier molecular flexibility index (Phi) is 5.01. The lowest BCUT2D eigenvalue weighted by atomic mass is 10.1. The van der Waals surface area contributed by atoms with Crippen molar-refractivity contribution < 1.29 is 14.4 Å². The molecule has 1 aromatic rings. The molecule has 0 radical (unpaired) electrons. The minimum absolute atomic E-state index is 0.0134. The lowest BCUT2D eigenvalue weighted by Crippen LogP contribution is -3.17. The van der Waals surface area contributed by atoms with Gasteiger partial charge in [0.1, 0.15) is 5.75 Å². The number of amides is 1. The van der Waals surface area contributed by atoms with Gasteiger partial charge in [0.2, 0.25) is 0 Å². The number of carbonyl (C=O) groups excluding carboxylic acids is 1. The summed E-state index contributed by atoms with van der Waals surface area (Å²) in [6.07, 6.45) is 3.74. The van der Waals surface area contributed by atoms with Crippen molar-refractivity contribution in [1.82, 2.24) is 0 Å². The molecule has 0 saturated carbocycles. The normalized spacial score (nSPS) is 17.6. The molecular weight excluding hydrogens is 252 g/mol. The van der Waals surface area contributed by atoms with Crippen molar-refractivity contribution in [2.45, 2.75) is 39.2 Å². The van der Waals surface area contributed by atoms with Crippen molar-refractivity contribution in [3.05, 3.63) is 23.8 Å². The molecule has 4 heteroatoms. The molecule has 1 saturated heterocycles. The second-order valence-electron chi connectivity index (χ2n) is 5.63. The highest BCUT2D eigenvalue weighted by Crippen LogP contribution is 2.25. The first-order chi connectivity index (χ1) is 9.61. The van der Waals surface area contributed by atoms with Crippen LogP contribution in [0.1, 0.15) is 31.7 Å². The molecule has 0 aromatic heterocycles. The van der Waals surface area contributed by atoms with Gasteiger partial charge in [-0.05, 0) is 50.8 Å². The number of ether oxygens (including phenoxy) is 1. The lowest BCUT2D eigenvalue weighted by molar-refractivity contribution is -0.918. The fourth-order valence-electron chi connectivity index (χ4n) is 2.78. The van der Waals surface area contributed by atoms with Gasteiger partial charge in [-0.15, -0.1) is 0 Å². The minimum Gasteiger partial charge on any atom is -0.495 e. The third-order valence-electron chi connectivity index (χ3n) is 4.11. The Morgan fingerprint density at radius 3 is 2.65 bits per heavy atom. The average Bonchev–Trinajstić information content (AvgIpc) is 2.47. The molecule has 4 nitrogen and oxygen atoms in total. The van der Waals surface area contributed by atoms with Crippen LogP contribution in [-0.4, -0.2) is 32.1 Å². The van der Waals surface area contributed by atoms with Crippen LogP contribution in [0.5, 0.6) is 5.75 Å². The van der Waals surface area contributed by atoms with Crippen molar-refractivity contribution in [2.24, 2.45) is 0 Å². The molecule has 0 aliphatic carbocycles. The van der Waals surface area contributed by atoms with E-state index in [-0.39, 0.29) is 11.9 Å². The maximum absolute atomic E-state index is 12.4. The first kappa shape index (κ1) is 14.9. The van der Waals surface area contributed by atoms with Gasteiger partial charge in [-0.2, -0.15) is 0 Å². The number of hydrogen-bond donors (Lipinski definition) is 2. The van der Waals surface area contributed by atoms with Gasteiger partial charge in [0.05, 0.1) is 25.9 Å². The molecule has 1 aromatic carbocycles. The van der Waals surface area contributed by atoms with Gasteiger partial charge >= 0.3 is 0 Å². The minimum atomic E-state index is -0.0134. The number of quaternary nitrogens is 1. The number of nitrogens with one attached hydrogen (secondary N) is 2. The van der Waals surface area contributed by atoms with Crippen LogP contribution in [0, 0.1) is 6.92 Å². The Balaban J connectivity index is 2.05. The Bertz CT molecular complexity index is 468. The molecule has 1 aliphatic heterocycles. The van der Waals surface area contributed by atoms with Crippen LogP contribution in [0.15, 0.2) is 18.2 Å². The van der Waals surface area contributed by atoms with E-state index in [1.165, 1.54) is 24.2 Å². The van der Waals surface area contributed by atoms with E-state index in [2.05, 4.69) is 5.32 Å². The monoisotopic (exact) mass is 277 g/mol. The Morgan fingerprint density at radius 2 is 2.00 bits per heavy atom. The van der Waals surface area contributed by atoms with Crippen LogP contribution in [0.25, 0.3) is 0 Å². The Hall–Kier alpha value is -1.55. The second kappa shape index (κ2) is 6.75. The predicted molar refractivity (Wildman–Crippen MR) is 80.4 cm³/mol. The van der Waals surface area contributed by atoms with Crippen molar-refractivity contribution in [3.63, 3.8) is 0 Å². The zero-order valence-electron chi connectivity index (χ0n) is 12.7.